The summed E-state index contributed by atoms with van der Waals surface area (Å²) in [5, 5.41) is 5.64. The summed E-state index contributed by atoms with van der Waals surface area (Å²) in [7, 11) is 0. The van der Waals surface area contributed by atoms with Crippen LogP contribution in [0.4, 0.5) is 5.69 Å². The van der Waals surface area contributed by atoms with Crippen LogP contribution in [-0.4, -0.2) is 12.5 Å². The first-order valence-corrected chi connectivity index (χ1v) is 8.28. The quantitative estimate of drug-likeness (QED) is 0.814. The van der Waals surface area contributed by atoms with Gasteiger partial charge in [-0.05, 0) is 43.7 Å². The summed E-state index contributed by atoms with van der Waals surface area (Å²) in [5.74, 6) is -0.0238. The minimum Gasteiger partial charge on any atom is -0.332 e. The zero-order valence-corrected chi connectivity index (χ0v) is 14.9. The van der Waals surface area contributed by atoms with Crippen molar-refractivity contribution in [2.45, 2.75) is 19.9 Å². The van der Waals surface area contributed by atoms with E-state index in [1.807, 2.05) is 61.6 Å². The lowest BCUT2D eigenvalue weighted by Gasteiger charge is -2.13. The summed E-state index contributed by atoms with van der Waals surface area (Å²) in [6.07, 6.45) is 0. The topological polar surface area (TPSA) is 45.7 Å². The molecule has 3 N–H and O–H groups in total. The lowest BCUT2D eigenvalue weighted by atomic mass is 10.1. The third kappa shape index (κ3) is 4.57. The molecule has 1 amide bonds. The Morgan fingerprint density at radius 1 is 1.32 bits per heavy atom. The molecule has 0 bridgehead atoms. The van der Waals surface area contributed by atoms with Crippen LogP contribution in [0.5, 0.6) is 0 Å². The lowest BCUT2D eigenvalue weighted by Crippen LogP contribution is -2.86. The van der Waals surface area contributed by atoms with Gasteiger partial charge in [-0.25, -0.2) is 0 Å². The van der Waals surface area contributed by atoms with Gasteiger partial charge in [0.05, 0.1) is 0 Å². The van der Waals surface area contributed by atoms with Crippen molar-refractivity contribution in [3.8, 4) is 0 Å². The minimum atomic E-state index is -0.0238. The molecule has 22 heavy (non-hydrogen) atoms. The Hall–Kier alpha value is -1.36. The van der Waals surface area contributed by atoms with E-state index in [-0.39, 0.29) is 11.9 Å². The number of hydrogen-bond acceptors (Lipinski definition) is 1. The van der Waals surface area contributed by atoms with Gasteiger partial charge in [0.25, 0.3) is 5.91 Å². The van der Waals surface area contributed by atoms with Crippen molar-refractivity contribution in [3.63, 3.8) is 0 Å². The second-order valence-corrected chi connectivity index (χ2v) is 6.58. The number of nitrogens with two attached hydrogens (primary N) is 1. The molecule has 116 valence electrons. The van der Waals surface area contributed by atoms with Gasteiger partial charge in [0.15, 0.2) is 6.54 Å². The highest BCUT2D eigenvalue weighted by Gasteiger charge is 2.14. The Labute approximate surface area is 144 Å². The largest absolute Gasteiger partial charge is 0.332 e. The first-order chi connectivity index (χ1) is 10.5. The highest BCUT2D eigenvalue weighted by molar-refractivity contribution is 9.10. The SMILES string of the molecule is Cc1cc(Br)ccc1NC(=O)C[NH2+][C@H](C)c1ccccc1Cl. The molecule has 0 aliphatic heterocycles. The molecule has 0 saturated carbocycles. The van der Waals surface area contributed by atoms with Crippen molar-refractivity contribution >= 4 is 39.1 Å². The van der Waals surface area contributed by atoms with Crippen LogP contribution >= 0.6 is 27.5 Å². The summed E-state index contributed by atoms with van der Waals surface area (Å²) < 4.78 is 1.00. The average Bonchev–Trinajstić information content (AvgIpc) is 2.48. The number of hydrogen-bond donors (Lipinski definition) is 2. The third-order valence-corrected chi connectivity index (χ3v) is 4.35. The smallest absolute Gasteiger partial charge is 0.279 e. The molecule has 0 fully saturated rings. The number of quaternary nitrogens is 1. The lowest BCUT2D eigenvalue weighted by molar-refractivity contribution is -0.682. The molecule has 2 aromatic rings. The van der Waals surface area contributed by atoms with Gasteiger partial charge < -0.3 is 10.6 Å². The van der Waals surface area contributed by atoms with Crippen LogP contribution in [0.2, 0.25) is 5.02 Å². The Kier molecular flexibility index (Phi) is 6.00. The minimum absolute atomic E-state index is 0.0238. The fourth-order valence-corrected chi connectivity index (χ4v) is 3.01. The number of carbonyl (C=O) groups is 1. The van der Waals surface area contributed by atoms with Gasteiger partial charge in [-0.3, -0.25) is 4.79 Å². The molecule has 0 aliphatic rings. The molecule has 2 rings (SSSR count). The van der Waals surface area contributed by atoms with E-state index in [1.165, 1.54) is 0 Å². The van der Waals surface area contributed by atoms with Crippen LogP contribution in [0.25, 0.3) is 0 Å². The van der Waals surface area contributed by atoms with Crippen LogP contribution in [0, 0.1) is 6.92 Å². The summed E-state index contributed by atoms with van der Waals surface area (Å²) in [4.78, 5) is 12.1. The van der Waals surface area contributed by atoms with Crippen molar-refractivity contribution in [2.24, 2.45) is 0 Å². The normalized spacial score (nSPS) is 12.0. The molecule has 0 aromatic heterocycles. The molecule has 0 unspecified atom stereocenters. The fraction of sp³-hybridized carbons (Fsp3) is 0.235. The molecule has 1 atom stereocenters. The van der Waals surface area contributed by atoms with Crippen molar-refractivity contribution < 1.29 is 10.1 Å². The maximum Gasteiger partial charge on any atom is 0.279 e. The van der Waals surface area contributed by atoms with Gasteiger partial charge >= 0.3 is 0 Å². The number of benzene rings is 2. The summed E-state index contributed by atoms with van der Waals surface area (Å²) >= 11 is 9.59. The monoisotopic (exact) mass is 381 g/mol. The molecule has 5 heteroatoms. The molecule has 0 radical (unpaired) electrons. The number of amides is 1. The zero-order chi connectivity index (χ0) is 16.1. The molecular weight excluding hydrogens is 364 g/mol. The number of carbonyl (C=O) groups excluding carboxylic acids is 1. The summed E-state index contributed by atoms with van der Waals surface area (Å²) in [5.41, 5.74) is 2.91. The van der Waals surface area contributed by atoms with Crippen molar-refractivity contribution in [1.82, 2.24) is 0 Å². The van der Waals surface area contributed by atoms with E-state index >= 15 is 0 Å². The van der Waals surface area contributed by atoms with E-state index < -0.39 is 0 Å². The Balaban J connectivity index is 1.91. The van der Waals surface area contributed by atoms with Gasteiger partial charge in [0.1, 0.15) is 6.04 Å². The van der Waals surface area contributed by atoms with Crippen LogP contribution in [0.1, 0.15) is 24.1 Å². The van der Waals surface area contributed by atoms with Crippen LogP contribution in [-0.2, 0) is 4.79 Å². The molecule has 0 aliphatic carbocycles. The van der Waals surface area contributed by atoms with E-state index in [4.69, 9.17) is 11.6 Å². The van der Waals surface area contributed by atoms with E-state index in [9.17, 15) is 4.79 Å². The van der Waals surface area contributed by atoms with Crippen LogP contribution in [0.15, 0.2) is 46.9 Å². The van der Waals surface area contributed by atoms with Gasteiger partial charge in [0, 0.05) is 20.7 Å². The highest BCUT2D eigenvalue weighted by Crippen LogP contribution is 2.20. The average molecular weight is 383 g/mol. The number of anilines is 1. The predicted molar refractivity (Wildman–Crippen MR) is 94.2 cm³/mol. The fourth-order valence-electron chi connectivity index (χ4n) is 2.22. The van der Waals surface area contributed by atoms with Crippen molar-refractivity contribution in [1.29, 1.82) is 0 Å². The molecule has 0 saturated heterocycles. The molecule has 3 nitrogen and oxygen atoms in total. The maximum absolute atomic E-state index is 12.1. The van der Waals surface area contributed by atoms with E-state index in [2.05, 4.69) is 21.2 Å². The zero-order valence-electron chi connectivity index (χ0n) is 12.6. The summed E-state index contributed by atoms with van der Waals surface area (Å²) in [6, 6.07) is 13.6. The van der Waals surface area contributed by atoms with E-state index in [0.717, 1.165) is 26.3 Å². The molecule has 0 spiro atoms. The van der Waals surface area contributed by atoms with Crippen molar-refractivity contribution in [2.75, 3.05) is 11.9 Å². The molecular formula is C17H19BrClN2O+. The van der Waals surface area contributed by atoms with Gasteiger partial charge in [-0.2, -0.15) is 0 Å². The second-order valence-electron chi connectivity index (χ2n) is 5.26. The Bertz CT molecular complexity index is 675. The van der Waals surface area contributed by atoms with Gasteiger partial charge in [0.2, 0.25) is 0 Å². The highest BCUT2D eigenvalue weighted by atomic mass is 79.9. The summed E-state index contributed by atoms with van der Waals surface area (Å²) in [6.45, 7) is 4.36. The van der Waals surface area contributed by atoms with E-state index in [1.54, 1.807) is 0 Å². The molecule has 2 aromatic carbocycles. The number of halogens is 2. The van der Waals surface area contributed by atoms with Crippen LogP contribution in [0.3, 0.4) is 0 Å². The predicted octanol–water partition coefficient (Wildman–Crippen LogP) is 3.67. The first kappa shape index (κ1) is 17.0. The number of nitrogens with one attached hydrogen (secondary N) is 1. The molecule has 0 heterocycles. The van der Waals surface area contributed by atoms with Crippen LogP contribution < -0.4 is 10.6 Å². The second kappa shape index (κ2) is 7.77. The Morgan fingerprint density at radius 2 is 2.05 bits per heavy atom. The standard InChI is InChI=1S/C17H18BrClN2O/c1-11-9-13(18)7-8-16(11)21-17(22)10-20-12(2)14-5-3-4-6-15(14)19/h3-9,12,20H,10H2,1-2H3,(H,21,22)/p+1/t12-/m1/s1. The number of aryl methyl sites for hydroxylation is 1. The third-order valence-electron chi connectivity index (χ3n) is 3.52. The van der Waals surface area contributed by atoms with E-state index in [0.29, 0.717) is 6.54 Å². The first-order valence-electron chi connectivity index (χ1n) is 7.11. The van der Waals surface area contributed by atoms with Gasteiger partial charge in [-0.15, -0.1) is 0 Å². The maximum atomic E-state index is 12.1. The van der Waals surface area contributed by atoms with Crippen molar-refractivity contribution in [3.05, 3.63) is 63.1 Å². The number of rotatable bonds is 5. The Morgan fingerprint density at radius 3 is 2.73 bits per heavy atom. The van der Waals surface area contributed by atoms with Gasteiger partial charge in [-0.1, -0.05) is 45.7 Å².